The molecule has 4 aromatic rings. The van der Waals surface area contributed by atoms with Crippen LogP contribution in [0.25, 0.3) is 11.1 Å². The van der Waals surface area contributed by atoms with E-state index in [0.29, 0.717) is 28.7 Å². The first-order chi connectivity index (χ1) is 18.0. The summed E-state index contributed by atoms with van der Waals surface area (Å²) in [6.45, 7) is 0.131. The Morgan fingerprint density at radius 2 is 1.62 bits per heavy atom. The number of carbonyl (C=O) groups is 1. The summed E-state index contributed by atoms with van der Waals surface area (Å²) < 4.78 is 12.1. The van der Waals surface area contributed by atoms with Crippen molar-refractivity contribution >= 4 is 17.6 Å². The number of hydrogen-bond acceptors (Lipinski definition) is 6. The van der Waals surface area contributed by atoms with Crippen LogP contribution in [0.3, 0.4) is 0 Å². The molecule has 0 amide bonds. The number of nitrogens with one attached hydrogen (secondary N) is 1. The van der Waals surface area contributed by atoms with E-state index in [2.05, 4.69) is 34.6 Å². The Morgan fingerprint density at radius 3 is 2.35 bits per heavy atom. The second-order valence-electron chi connectivity index (χ2n) is 8.35. The molecule has 7 nitrogen and oxygen atoms in total. The van der Waals surface area contributed by atoms with Crippen molar-refractivity contribution in [3.8, 4) is 22.6 Å². The molecule has 0 aliphatic rings. The lowest BCUT2D eigenvalue weighted by atomic mass is 10.0. The second kappa shape index (κ2) is 12.9. The summed E-state index contributed by atoms with van der Waals surface area (Å²) in [7, 11) is 0. The predicted octanol–water partition coefficient (Wildman–Crippen LogP) is 5.10. The van der Waals surface area contributed by atoms with Gasteiger partial charge in [0.2, 0.25) is 0 Å². The third-order valence-electron chi connectivity index (χ3n) is 5.68. The van der Waals surface area contributed by atoms with Crippen LogP contribution in [-0.2, 0) is 24.6 Å². The van der Waals surface area contributed by atoms with E-state index in [1.807, 2.05) is 42.5 Å². The van der Waals surface area contributed by atoms with E-state index in [9.17, 15) is 15.0 Å². The number of rotatable bonds is 12. The molecule has 1 heterocycles. The third-order valence-corrected chi connectivity index (χ3v) is 5.98. The first kappa shape index (κ1) is 26.2. The fourth-order valence-electron chi connectivity index (χ4n) is 3.70. The van der Waals surface area contributed by atoms with Crippen molar-refractivity contribution in [1.82, 2.24) is 10.3 Å². The van der Waals surface area contributed by atoms with Gasteiger partial charge in [-0.2, -0.15) is 0 Å². The monoisotopic (exact) mass is 518 g/mol. The highest BCUT2D eigenvalue weighted by atomic mass is 35.5. The Labute approximate surface area is 220 Å². The van der Waals surface area contributed by atoms with Gasteiger partial charge in [0, 0.05) is 36.1 Å². The topological polar surface area (TPSA) is 101 Å². The van der Waals surface area contributed by atoms with Crippen molar-refractivity contribution < 1.29 is 24.5 Å². The summed E-state index contributed by atoms with van der Waals surface area (Å²) in [6.07, 6.45) is 3.39. The van der Waals surface area contributed by atoms with Gasteiger partial charge < -0.3 is 19.7 Å². The van der Waals surface area contributed by atoms with Crippen molar-refractivity contribution in [2.75, 3.05) is 6.61 Å². The van der Waals surface area contributed by atoms with E-state index in [0.717, 1.165) is 22.3 Å². The number of aliphatic hydroxyl groups is 1. The van der Waals surface area contributed by atoms with E-state index < -0.39 is 18.6 Å². The number of carboxylic acids is 1. The Hall–Kier alpha value is -3.91. The lowest BCUT2D eigenvalue weighted by Crippen LogP contribution is -2.39. The van der Waals surface area contributed by atoms with Gasteiger partial charge in [-0.1, -0.05) is 66.2 Å². The number of aromatic nitrogens is 1. The van der Waals surface area contributed by atoms with Crippen LogP contribution in [0.1, 0.15) is 16.7 Å². The molecular weight excluding hydrogens is 492 g/mol. The first-order valence-corrected chi connectivity index (χ1v) is 12.1. The van der Waals surface area contributed by atoms with Gasteiger partial charge in [0.15, 0.2) is 0 Å². The van der Waals surface area contributed by atoms with E-state index in [-0.39, 0.29) is 13.2 Å². The standard InChI is InChI=1S/C29H27ClN2O5/c30-25-13-24(16-32-26(17-33)29(34)35)27(36-19-21-7-5-11-31-15-21)14-28(25)37-18-20-6-4-10-23(12-20)22-8-2-1-3-9-22/h1-15,26,32-33H,16-19H2,(H,34,35)/t26-/m0/s1. The van der Waals surface area contributed by atoms with Gasteiger partial charge in [-0.15, -0.1) is 0 Å². The van der Waals surface area contributed by atoms with Crippen LogP contribution in [0, 0.1) is 0 Å². The largest absolute Gasteiger partial charge is 0.488 e. The Morgan fingerprint density at radius 1 is 0.892 bits per heavy atom. The molecule has 8 heteroatoms. The highest BCUT2D eigenvalue weighted by Crippen LogP contribution is 2.34. The number of benzene rings is 3. The predicted molar refractivity (Wildman–Crippen MR) is 142 cm³/mol. The zero-order valence-electron chi connectivity index (χ0n) is 20.0. The fraction of sp³-hybridized carbons (Fsp3) is 0.172. The molecule has 0 radical (unpaired) electrons. The molecule has 1 aromatic heterocycles. The highest BCUT2D eigenvalue weighted by Gasteiger charge is 2.18. The number of nitrogens with zero attached hydrogens (tertiary/aromatic N) is 1. The molecule has 4 rings (SSSR count). The molecule has 0 spiro atoms. The maximum atomic E-state index is 11.3. The summed E-state index contributed by atoms with van der Waals surface area (Å²) in [5.41, 5.74) is 4.69. The number of aliphatic carboxylic acids is 1. The van der Waals surface area contributed by atoms with Crippen molar-refractivity contribution in [3.63, 3.8) is 0 Å². The van der Waals surface area contributed by atoms with Gasteiger partial charge in [0.05, 0.1) is 11.6 Å². The quantitative estimate of drug-likeness (QED) is 0.240. The Bertz CT molecular complexity index is 1320. The maximum Gasteiger partial charge on any atom is 0.323 e. The van der Waals surface area contributed by atoms with Crippen LogP contribution in [0.5, 0.6) is 11.5 Å². The normalized spacial score (nSPS) is 11.6. The lowest BCUT2D eigenvalue weighted by Gasteiger charge is -2.18. The molecule has 0 aliphatic carbocycles. The summed E-state index contributed by atoms with van der Waals surface area (Å²) in [4.78, 5) is 15.4. The van der Waals surface area contributed by atoms with E-state index in [4.69, 9.17) is 21.1 Å². The van der Waals surface area contributed by atoms with Gasteiger partial charge in [-0.05, 0) is 34.9 Å². The highest BCUT2D eigenvalue weighted by molar-refractivity contribution is 6.32. The molecule has 3 N–H and O–H groups in total. The average molecular weight is 519 g/mol. The van der Waals surface area contributed by atoms with Gasteiger partial charge >= 0.3 is 5.97 Å². The number of carboxylic acid groups (broad SMARTS) is 1. The SMILES string of the molecule is O=C(O)[C@H](CO)NCc1cc(Cl)c(OCc2cccc(-c3ccccc3)c2)cc1OCc1cccnc1. The smallest absolute Gasteiger partial charge is 0.323 e. The zero-order chi connectivity index (χ0) is 26.0. The summed E-state index contributed by atoms with van der Waals surface area (Å²) in [6, 6.07) is 24.2. The molecule has 0 saturated heterocycles. The molecular formula is C29H27ClN2O5. The van der Waals surface area contributed by atoms with Crippen molar-refractivity contribution in [2.24, 2.45) is 0 Å². The van der Waals surface area contributed by atoms with Crippen molar-refractivity contribution in [3.05, 3.63) is 113 Å². The van der Waals surface area contributed by atoms with Gasteiger partial charge in [0.25, 0.3) is 0 Å². The molecule has 0 saturated carbocycles. The zero-order valence-corrected chi connectivity index (χ0v) is 20.8. The molecule has 37 heavy (non-hydrogen) atoms. The molecule has 3 aromatic carbocycles. The molecule has 1 atom stereocenters. The van der Waals surface area contributed by atoms with Crippen molar-refractivity contribution in [1.29, 1.82) is 0 Å². The minimum Gasteiger partial charge on any atom is -0.488 e. The number of pyridine rings is 1. The van der Waals surface area contributed by atoms with Crippen LogP contribution >= 0.6 is 11.6 Å². The van der Waals surface area contributed by atoms with Gasteiger partial charge in [-0.3, -0.25) is 15.1 Å². The summed E-state index contributed by atoms with van der Waals surface area (Å²) in [5, 5.41) is 21.7. The minimum atomic E-state index is -1.15. The van der Waals surface area contributed by atoms with Gasteiger partial charge in [-0.25, -0.2) is 0 Å². The summed E-state index contributed by atoms with van der Waals surface area (Å²) >= 11 is 6.54. The second-order valence-corrected chi connectivity index (χ2v) is 8.76. The van der Waals surface area contributed by atoms with Crippen LogP contribution in [0.15, 0.2) is 91.3 Å². The van der Waals surface area contributed by atoms with E-state index >= 15 is 0 Å². The average Bonchev–Trinajstić information content (AvgIpc) is 2.93. The van der Waals surface area contributed by atoms with E-state index in [1.165, 1.54) is 0 Å². The van der Waals surface area contributed by atoms with Crippen LogP contribution in [0.2, 0.25) is 5.02 Å². The van der Waals surface area contributed by atoms with Crippen LogP contribution in [-0.4, -0.2) is 33.8 Å². The Balaban J connectivity index is 1.53. The van der Waals surface area contributed by atoms with Crippen LogP contribution in [0.4, 0.5) is 0 Å². The molecule has 0 unspecified atom stereocenters. The first-order valence-electron chi connectivity index (χ1n) is 11.7. The molecule has 190 valence electrons. The molecule has 0 aliphatic heterocycles. The number of halogens is 1. The maximum absolute atomic E-state index is 11.3. The van der Waals surface area contributed by atoms with Gasteiger partial charge in [0.1, 0.15) is 30.8 Å². The third kappa shape index (κ3) is 7.30. The van der Waals surface area contributed by atoms with Crippen molar-refractivity contribution in [2.45, 2.75) is 25.8 Å². The molecule has 0 fully saturated rings. The Kier molecular flexibility index (Phi) is 9.10. The number of aliphatic hydroxyl groups excluding tert-OH is 1. The fourth-order valence-corrected chi connectivity index (χ4v) is 3.94. The minimum absolute atomic E-state index is 0.124. The number of hydrogen-bond donors (Lipinski definition) is 3. The lowest BCUT2D eigenvalue weighted by molar-refractivity contribution is -0.140. The number of ether oxygens (including phenoxy) is 2. The van der Waals surface area contributed by atoms with Crippen LogP contribution < -0.4 is 14.8 Å². The summed E-state index contributed by atoms with van der Waals surface area (Å²) in [5.74, 6) is -0.228. The molecule has 0 bridgehead atoms. The van der Waals surface area contributed by atoms with E-state index in [1.54, 1.807) is 24.5 Å².